The Balaban J connectivity index is 2.89. The van der Waals surface area contributed by atoms with Crippen LogP contribution in [0.5, 0.6) is 0 Å². The predicted molar refractivity (Wildman–Crippen MR) is 99.5 cm³/mol. The Bertz CT molecular complexity index is 870. The summed E-state index contributed by atoms with van der Waals surface area (Å²) >= 11 is 0. The minimum atomic E-state index is -1.17. The predicted octanol–water partition coefficient (Wildman–Crippen LogP) is 0.954. The molecule has 0 radical (unpaired) electrons. The summed E-state index contributed by atoms with van der Waals surface area (Å²) in [5.41, 5.74) is 2.93. The van der Waals surface area contributed by atoms with E-state index in [1.54, 1.807) is 18.2 Å². The van der Waals surface area contributed by atoms with Crippen LogP contribution in [0.4, 0.5) is 0 Å². The number of hydrogen-bond acceptors (Lipinski definition) is 6. The maximum atomic E-state index is 11.7. The zero-order chi connectivity index (χ0) is 20.0. The number of benzene rings is 1. The zero-order valence-corrected chi connectivity index (χ0v) is 14.6. The van der Waals surface area contributed by atoms with Crippen LogP contribution in [0.15, 0.2) is 29.8 Å². The van der Waals surface area contributed by atoms with Crippen molar-refractivity contribution in [3.05, 3.63) is 58.4 Å². The van der Waals surface area contributed by atoms with Crippen molar-refractivity contribution in [2.75, 3.05) is 6.73 Å². The smallest absolute Gasteiger partial charge is 0.352 e. The standard InChI is InChI=1S/C19H22N2O6/c1-2-3-13-17(16(6-20-10-25)21-18(13)19(26)27)12-5-4-11(7-22)14(8-23)15(12)9-24/h2,4-6,21-25H,1,3,7-10H2,(H,26,27)/b20-6+. The number of aliphatic imine (C=N–C) groups is 1. The minimum Gasteiger partial charge on any atom is -0.477 e. The maximum absolute atomic E-state index is 11.7. The van der Waals surface area contributed by atoms with Crippen LogP contribution in [-0.2, 0) is 26.2 Å². The molecule has 0 aliphatic rings. The van der Waals surface area contributed by atoms with Crippen LogP contribution in [0.1, 0.15) is 38.4 Å². The van der Waals surface area contributed by atoms with Crippen LogP contribution >= 0.6 is 0 Å². The molecule has 0 spiro atoms. The molecule has 0 saturated heterocycles. The molecule has 0 amide bonds. The molecule has 27 heavy (non-hydrogen) atoms. The van der Waals surface area contributed by atoms with E-state index in [0.29, 0.717) is 39.1 Å². The number of hydrogen-bond donors (Lipinski definition) is 6. The average molecular weight is 374 g/mol. The van der Waals surface area contributed by atoms with Gasteiger partial charge >= 0.3 is 5.97 Å². The summed E-state index contributed by atoms with van der Waals surface area (Å²) in [7, 11) is 0. The van der Waals surface area contributed by atoms with Gasteiger partial charge in [0.15, 0.2) is 0 Å². The number of aromatic amines is 1. The Morgan fingerprint density at radius 3 is 2.30 bits per heavy atom. The van der Waals surface area contributed by atoms with Crippen molar-refractivity contribution in [2.45, 2.75) is 26.2 Å². The van der Waals surface area contributed by atoms with E-state index in [9.17, 15) is 25.2 Å². The number of carboxylic acid groups (broad SMARTS) is 1. The fourth-order valence-corrected chi connectivity index (χ4v) is 3.13. The Morgan fingerprint density at radius 1 is 1.07 bits per heavy atom. The number of nitrogens with zero attached hydrogens (tertiary/aromatic N) is 1. The van der Waals surface area contributed by atoms with Crippen molar-refractivity contribution in [3.8, 4) is 11.1 Å². The number of nitrogens with one attached hydrogen (secondary N) is 1. The van der Waals surface area contributed by atoms with Crippen molar-refractivity contribution >= 4 is 12.2 Å². The molecule has 0 saturated carbocycles. The first-order valence-corrected chi connectivity index (χ1v) is 8.20. The molecule has 0 unspecified atom stereocenters. The van der Waals surface area contributed by atoms with Crippen LogP contribution in [0.2, 0.25) is 0 Å². The largest absolute Gasteiger partial charge is 0.477 e. The average Bonchev–Trinajstić information content (AvgIpc) is 3.03. The van der Waals surface area contributed by atoms with Gasteiger partial charge in [0, 0.05) is 11.8 Å². The van der Waals surface area contributed by atoms with Crippen LogP contribution in [-0.4, -0.2) is 49.4 Å². The van der Waals surface area contributed by atoms with E-state index in [1.807, 2.05) is 0 Å². The highest BCUT2D eigenvalue weighted by molar-refractivity contribution is 5.98. The van der Waals surface area contributed by atoms with Crippen LogP contribution in [0.3, 0.4) is 0 Å². The molecule has 1 aromatic heterocycles. The van der Waals surface area contributed by atoms with E-state index < -0.39 is 25.9 Å². The molecule has 144 valence electrons. The van der Waals surface area contributed by atoms with E-state index in [-0.39, 0.29) is 18.7 Å². The highest BCUT2D eigenvalue weighted by Gasteiger charge is 2.24. The second-order valence-corrected chi connectivity index (χ2v) is 5.72. The van der Waals surface area contributed by atoms with Gasteiger partial charge < -0.3 is 30.5 Å². The summed E-state index contributed by atoms with van der Waals surface area (Å²) in [6.07, 6.45) is 3.11. The minimum absolute atomic E-state index is 0.0510. The summed E-state index contributed by atoms with van der Waals surface area (Å²) in [5.74, 6) is -1.17. The number of carboxylic acids is 1. The fraction of sp³-hybridized carbons (Fsp3) is 0.263. The van der Waals surface area contributed by atoms with Gasteiger partial charge in [-0.3, -0.25) is 4.99 Å². The van der Waals surface area contributed by atoms with Gasteiger partial charge in [0.1, 0.15) is 12.4 Å². The van der Waals surface area contributed by atoms with Crippen LogP contribution in [0, 0.1) is 0 Å². The quantitative estimate of drug-likeness (QED) is 0.285. The van der Waals surface area contributed by atoms with E-state index >= 15 is 0 Å². The van der Waals surface area contributed by atoms with Crippen molar-refractivity contribution in [1.82, 2.24) is 4.98 Å². The maximum Gasteiger partial charge on any atom is 0.352 e. The Morgan fingerprint density at radius 2 is 1.78 bits per heavy atom. The molecule has 0 atom stereocenters. The van der Waals surface area contributed by atoms with Gasteiger partial charge in [-0.1, -0.05) is 18.2 Å². The van der Waals surface area contributed by atoms with E-state index in [0.717, 1.165) is 0 Å². The Labute approximate surface area is 155 Å². The summed E-state index contributed by atoms with van der Waals surface area (Å²) in [4.78, 5) is 18.2. The third-order valence-corrected chi connectivity index (χ3v) is 4.28. The molecule has 6 N–H and O–H groups in total. The molecule has 8 nitrogen and oxygen atoms in total. The molecule has 0 aliphatic carbocycles. The molecule has 1 heterocycles. The number of aromatic nitrogens is 1. The highest BCUT2D eigenvalue weighted by Crippen LogP contribution is 2.36. The number of aliphatic hydroxyl groups is 4. The van der Waals surface area contributed by atoms with Crippen molar-refractivity contribution in [2.24, 2.45) is 4.99 Å². The van der Waals surface area contributed by atoms with Gasteiger partial charge in [-0.05, 0) is 34.2 Å². The molecule has 0 aliphatic heterocycles. The first-order chi connectivity index (χ1) is 13.0. The topological polar surface area (TPSA) is 146 Å². The summed E-state index contributed by atoms with van der Waals surface area (Å²) in [6, 6.07) is 3.26. The van der Waals surface area contributed by atoms with E-state index in [2.05, 4.69) is 16.6 Å². The first kappa shape index (κ1) is 20.5. The fourth-order valence-electron chi connectivity index (χ4n) is 3.13. The molecule has 1 aromatic carbocycles. The molecule has 0 fully saturated rings. The number of allylic oxidation sites excluding steroid dienone is 1. The van der Waals surface area contributed by atoms with Crippen LogP contribution < -0.4 is 0 Å². The second kappa shape index (κ2) is 9.24. The summed E-state index contributed by atoms with van der Waals surface area (Å²) in [5, 5.41) is 47.6. The molecule has 2 aromatic rings. The molecule has 2 rings (SSSR count). The molecule has 8 heteroatoms. The van der Waals surface area contributed by atoms with Gasteiger partial charge in [-0.2, -0.15) is 0 Å². The summed E-state index contributed by atoms with van der Waals surface area (Å²) in [6.45, 7) is 2.06. The Kier molecular flexibility index (Phi) is 7.03. The lowest BCUT2D eigenvalue weighted by Gasteiger charge is -2.16. The van der Waals surface area contributed by atoms with E-state index in [1.165, 1.54) is 6.21 Å². The van der Waals surface area contributed by atoms with Crippen molar-refractivity contribution < 1.29 is 30.3 Å². The van der Waals surface area contributed by atoms with Gasteiger partial charge in [0.2, 0.25) is 0 Å². The molecular weight excluding hydrogens is 352 g/mol. The third-order valence-electron chi connectivity index (χ3n) is 4.28. The monoisotopic (exact) mass is 374 g/mol. The van der Waals surface area contributed by atoms with E-state index in [4.69, 9.17) is 5.11 Å². The highest BCUT2D eigenvalue weighted by atomic mass is 16.4. The van der Waals surface area contributed by atoms with Gasteiger partial charge in [0.25, 0.3) is 0 Å². The van der Waals surface area contributed by atoms with Crippen molar-refractivity contribution in [1.29, 1.82) is 0 Å². The lowest BCUT2D eigenvalue weighted by molar-refractivity contribution is 0.0690. The first-order valence-electron chi connectivity index (χ1n) is 8.20. The SMILES string of the molecule is C=CCc1c(C(=O)O)[nH]c(/C=N/CO)c1-c1ccc(CO)c(CO)c1CO. The number of H-pyrrole nitrogens is 1. The lowest BCUT2D eigenvalue weighted by atomic mass is 9.89. The number of carbonyl (C=O) groups is 1. The Hall–Kier alpha value is -2.78. The number of rotatable bonds is 9. The number of aliphatic hydroxyl groups excluding tert-OH is 4. The normalized spacial score (nSPS) is 11.3. The van der Waals surface area contributed by atoms with Crippen LogP contribution in [0.25, 0.3) is 11.1 Å². The van der Waals surface area contributed by atoms with Gasteiger partial charge in [-0.25, -0.2) is 4.79 Å². The molecular formula is C19H22N2O6. The zero-order valence-electron chi connectivity index (χ0n) is 14.6. The summed E-state index contributed by atoms with van der Waals surface area (Å²) < 4.78 is 0. The molecule has 0 bridgehead atoms. The lowest BCUT2D eigenvalue weighted by Crippen LogP contribution is -2.05. The van der Waals surface area contributed by atoms with Gasteiger partial charge in [0.05, 0.1) is 25.5 Å². The van der Waals surface area contributed by atoms with Gasteiger partial charge in [-0.15, -0.1) is 6.58 Å². The third kappa shape index (κ3) is 3.99. The number of aromatic carboxylic acids is 1. The second-order valence-electron chi connectivity index (χ2n) is 5.72. The van der Waals surface area contributed by atoms with Crippen molar-refractivity contribution in [3.63, 3.8) is 0 Å².